The predicted molar refractivity (Wildman–Crippen MR) is 91.4 cm³/mol. The number of hydrogen-bond acceptors (Lipinski definition) is 4. The maximum absolute atomic E-state index is 13.8. The molecule has 0 spiro atoms. The number of anilines is 2. The second-order valence-corrected chi connectivity index (χ2v) is 5.20. The van der Waals surface area contributed by atoms with Gasteiger partial charge in [-0.1, -0.05) is 6.07 Å². The Bertz CT molecular complexity index is 792. The van der Waals surface area contributed by atoms with Gasteiger partial charge in [0.25, 0.3) is 0 Å². The molecule has 0 atom stereocenters. The summed E-state index contributed by atoms with van der Waals surface area (Å²) in [6.45, 7) is 1.38. The highest BCUT2D eigenvalue weighted by Gasteiger charge is 2.12. The number of ether oxygens (including phenoxy) is 1. The number of methoxy groups -OCH3 is 1. The molecule has 2 aromatic carbocycles. The van der Waals surface area contributed by atoms with E-state index in [2.05, 4.69) is 20.9 Å². The molecule has 0 aromatic heterocycles. The Morgan fingerprint density at radius 2 is 2.04 bits per heavy atom. The fraction of sp³-hybridized carbons (Fsp3) is 0.176. The molecule has 6 nitrogen and oxygen atoms in total. The van der Waals surface area contributed by atoms with E-state index in [9.17, 15) is 9.18 Å². The molecule has 2 aromatic rings. The van der Waals surface area contributed by atoms with E-state index < -0.39 is 11.8 Å². The van der Waals surface area contributed by atoms with Crippen LogP contribution in [0, 0.1) is 5.82 Å². The molecular weight excluding hydrogens is 311 g/mol. The first kappa shape index (κ1) is 15.8. The second kappa shape index (κ2) is 6.99. The average molecular weight is 328 g/mol. The monoisotopic (exact) mass is 328 g/mol. The molecule has 0 fully saturated rings. The normalized spacial score (nSPS) is 13.0. The van der Waals surface area contributed by atoms with E-state index in [1.807, 2.05) is 0 Å². The van der Waals surface area contributed by atoms with Crippen LogP contribution < -0.4 is 20.7 Å². The van der Waals surface area contributed by atoms with Crippen LogP contribution in [-0.4, -0.2) is 32.1 Å². The van der Waals surface area contributed by atoms with E-state index in [-0.39, 0.29) is 0 Å². The smallest absolute Gasteiger partial charge is 0.323 e. The van der Waals surface area contributed by atoms with Crippen LogP contribution in [0.25, 0.3) is 0 Å². The van der Waals surface area contributed by atoms with Crippen LogP contribution in [0.15, 0.2) is 47.5 Å². The van der Waals surface area contributed by atoms with Gasteiger partial charge in [-0.2, -0.15) is 0 Å². The summed E-state index contributed by atoms with van der Waals surface area (Å²) < 4.78 is 18.9. The number of amidine groups is 1. The van der Waals surface area contributed by atoms with E-state index in [1.165, 1.54) is 12.1 Å². The lowest BCUT2D eigenvalue weighted by Crippen LogP contribution is -2.22. The first-order chi connectivity index (χ1) is 11.6. The molecule has 1 heterocycles. The predicted octanol–water partition coefficient (Wildman–Crippen LogP) is 2.83. The number of nitrogens with one attached hydrogen (secondary N) is 3. The van der Waals surface area contributed by atoms with Crippen LogP contribution in [0.2, 0.25) is 0 Å². The van der Waals surface area contributed by atoms with E-state index in [4.69, 9.17) is 4.74 Å². The van der Waals surface area contributed by atoms with Crippen LogP contribution in [0.3, 0.4) is 0 Å². The Morgan fingerprint density at radius 3 is 2.79 bits per heavy atom. The Kier molecular flexibility index (Phi) is 4.60. The molecule has 124 valence electrons. The van der Waals surface area contributed by atoms with Gasteiger partial charge in [-0.05, 0) is 30.3 Å². The van der Waals surface area contributed by atoms with Gasteiger partial charge in [-0.3, -0.25) is 4.99 Å². The van der Waals surface area contributed by atoms with Crippen LogP contribution >= 0.6 is 0 Å². The zero-order valence-electron chi connectivity index (χ0n) is 13.1. The van der Waals surface area contributed by atoms with Crippen molar-refractivity contribution in [3.63, 3.8) is 0 Å². The van der Waals surface area contributed by atoms with Crippen molar-refractivity contribution in [2.75, 3.05) is 30.8 Å². The number of amides is 2. The highest BCUT2D eigenvalue weighted by molar-refractivity contribution is 6.03. The summed E-state index contributed by atoms with van der Waals surface area (Å²) in [7, 11) is 1.55. The molecule has 7 heteroatoms. The average Bonchev–Trinajstić information content (AvgIpc) is 3.09. The fourth-order valence-corrected chi connectivity index (χ4v) is 2.38. The number of carbonyl (C=O) groups excluding carboxylic acids is 1. The van der Waals surface area contributed by atoms with Crippen LogP contribution in [-0.2, 0) is 0 Å². The van der Waals surface area contributed by atoms with E-state index >= 15 is 0 Å². The van der Waals surface area contributed by atoms with Gasteiger partial charge in [0.15, 0.2) is 0 Å². The van der Waals surface area contributed by atoms with E-state index in [0.29, 0.717) is 35.1 Å². The van der Waals surface area contributed by atoms with Gasteiger partial charge in [0.1, 0.15) is 17.4 Å². The van der Waals surface area contributed by atoms with Gasteiger partial charge < -0.3 is 20.7 Å². The van der Waals surface area contributed by atoms with Gasteiger partial charge in [-0.15, -0.1) is 0 Å². The number of urea groups is 1. The van der Waals surface area contributed by atoms with Gasteiger partial charge in [-0.25, -0.2) is 9.18 Å². The van der Waals surface area contributed by atoms with E-state index in [0.717, 1.165) is 6.54 Å². The quantitative estimate of drug-likeness (QED) is 0.808. The molecule has 2 amide bonds. The minimum Gasteiger partial charge on any atom is -0.497 e. The lowest BCUT2D eigenvalue weighted by Gasteiger charge is -2.10. The lowest BCUT2D eigenvalue weighted by atomic mass is 10.1. The Balaban J connectivity index is 1.71. The number of hydrogen-bond donors (Lipinski definition) is 3. The summed E-state index contributed by atoms with van der Waals surface area (Å²) in [5.74, 6) is 0.817. The number of halogens is 1. The lowest BCUT2D eigenvalue weighted by molar-refractivity contribution is 0.262. The number of rotatable bonds is 4. The summed E-state index contributed by atoms with van der Waals surface area (Å²) in [5.41, 5.74) is 1.52. The minimum atomic E-state index is -0.471. The van der Waals surface area contributed by atoms with Crippen molar-refractivity contribution in [2.24, 2.45) is 4.99 Å². The SMILES string of the molecule is COc1cccc(NC(=O)Nc2cc(F)cc(C3=NCCN3)c2)c1. The van der Waals surface area contributed by atoms with Crippen molar-refractivity contribution in [2.45, 2.75) is 0 Å². The van der Waals surface area contributed by atoms with E-state index in [1.54, 1.807) is 37.4 Å². The summed E-state index contributed by atoms with van der Waals surface area (Å²) in [6, 6.07) is 10.8. The van der Waals surface area contributed by atoms with Crippen molar-refractivity contribution in [1.29, 1.82) is 0 Å². The molecule has 24 heavy (non-hydrogen) atoms. The van der Waals surface area contributed by atoms with Crippen molar-refractivity contribution in [1.82, 2.24) is 5.32 Å². The molecule has 0 bridgehead atoms. The summed E-state index contributed by atoms with van der Waals surface area (Å²) in [5, 5.41) is 8.37. The molecule has 0 saturated heterocycles. The molecule has 0 radical (unpaired) electrons. The van der Waals surface area contributed by atoms with Gasteiger partial charge in [0.05, 0.1) is 13.7 Å². The molecule has 3 N–H and O–H groups in total. The molecule has 3 rings (SSSR count). The fourth-order valence-electron chi connectivity index (χ4n) is 2.38. The molecule has 0 unspecified atom stereocenters. The van der Waals surface area contributed by atoms with Crippen molar-refractivity contribution in [3.8, 4) is 5.75 Å². The minimum absolute atomic E-state index is 0.349. The first-order valence-electron chi connectivity index (χ1n) is 7.45. The first-order valence-corrected chi connectivity index (χ1v) is 7.45. The largest absolute Gasteiger partial charge is 0.497 e. The van der Waals surface area contributed by atoms with Gasteiger partial charge in [0.2, 0.25) is 0 Å². The molecule has 0 aliphatic carbocycles. The summed E-state index contributed by atoms with van der Waals surface area (Å²) in [6.07, 6.45) is 0. The Hall–Kier alpha value is -3.09. The molecule has 0 saturated carbocycles. The Labute approximate surface area is 138 Å². The maximum Gasteiger partial charge on any atom is 0.323 e. The molecular formula is C17H17FN4O2. The summed E-state index contributed by atoms with van der Waals surface area (Å²) >= 11 is 0. The van der Waals surface area contributed by atoms with Crippen molar-refractivity contribution in [3.05, 3.63) is 53.8 Å². The second-order valence-electron chi connectivity index (χ2n) is 5.20. The summed E-state index contributed by atoms with van der Waals surface area (Å²) in [4.78, 5) is 16.3. The van der Waals surface area contributed by atoms with Crippen molar-refractivity contribution < 1.29 is 13.9 Å². The third-order valence-corrected chi connectivity index (χ3v) is 3.43. The van der Waals surface area contributed by atoms with Crippen LogP contribution in [0.5, 0.6) is 5.75 Å². The molecule has 1 aliphatic rings. The third kappa shape index (κ3) is 3.81. The Morgan fingerprint density at radius 1 is 1.21 bits per heavy atom. The van der Waals surface area contributed by atoms with Gasteiger partial charge in [0, 0.05) is 29.5 Å². The zero-order chi connectivity index (χ0) is 16.9. The number of carbonyl (C=O) groups is 1. The number of benzene rings is 2. The maximum atomic E-state index is 13.8. The van der Waals surface area contributed by atoms with Gasteiger partial charge >= 0.3 is 6.03 Å². The third-order valence-electron chi connectivity index (χ3n) is 3.43. The van der Waals surface area contributed by atoms with Crippen LogP contribution in [0.4, 0.5) is 20.6 Å². The number of aliphatic imine (C=N–C) groups is 1. The number of nitrogens with zero attached hydrogens (tertiary/aromatic N) is 1. The standard InChI is InChI=1S/C17H17FN4O2/c1-24-15-4-2-3-13(10-15)21-17(23)22-14-8-11(7-12(18)9-14)16-19-5-6-20-16/h2-4,7-10H,5-6H2,1H3,(H,19,20)(H2,21,22,23). The molecule has 1 aliphatic heterocycles. The van der Waals surface area contributed by atoms with Crippen molar-refractivity contribution >= 4 is 23.2 Å². The topological polar surface area (TPSA) is 74.8 Å². The highest BCUT2D eigenvalue weighted by atomic mass is 19.1. The zero-order valence-corrected chi connectivity index (χ0v) is 13.1. The van der Waals surface area contributed by atoms with Crippen LogP contribution in [0.1, 0.15) is 5.56 Å². The highest BCUT2D eigenvalue weighted by Crippen LogP contribution is 2.18.